The number of thioether (sulfide) groups is 1. The fourth-order valence-corrected chi connectivity index (χ4v) is 1.67. The summed E-state index contributed by atoms with van der Waals surface area (Å²) in [4.78, 5) is 1.07. The minimum absolute atomic E-state index is 0.203. The van der Waals surface area contributed by atoms with E-state index >= 15 is 0 Å². The van der Waals surface area contributed by atoms with Crippen LogP contribution in [-0.2, 0) is 0 Å². The SMILES string of the molecule is C=C(C)c1cc(F)ccc1SC. The largest absolute Gasteiger partial charge is 0.207 e. The van der Waals surface area contributed by atoms with Gasteiger partial charge in [-0.15, -0.1) is 11.8 Å². The predicted octanol–water partition coefficient (Wildman–Crippen LogP) is 3.58. The Hall–Kier alpha value is -0.760. The van der Waals surface area contributed by atoms with Crippen LogP contribution in [0.4, 0.5) is 4.39 Å². The number of benzene rings is 1. The summed E-state index contributed by atoms with van der Waals surface area (Å²) in [6.07, 6.45) is 1.97. The first kappa shape index (κ1) is 9.33. The van der Waals surface area contributed by atoms with Crippen molar-refractivity contribution in [1.82, 2.24) is 0 Å². The molecular formula is C10H11FS. The minimum Gasteiger partial charge on any atom is -0.207 e. The molecule has 1 rings (SSSR count). The van der Waals surface area contributed by atoms with E-state index in [9.17, 15) is 4.39 Å². The second-order valence-electron chi connectivity index (χ2n) is 2.62. The monoisotopic (exact) mass is 182 g/mol. The molecule has 64 valence electrons. The number of allylic oxidation sites excluding steroid dienone is 1. The van der Waals surface area contributed by atoms with Gasteiger partial charge in [0.05, 0.1) is 0 Å². The van der Waals surface area contributed by atoms with Gasteiger partial charge in [0.2, 0.25) is 0 Å². The van der Waals surface area contributed by atoms with Crippen molar-refractivity contribution < 1.29 is 4.39 Å². The van der Waals surface area contributed by atoms with E-state index in [0.29, 0.717) is 0 Å². The lowest BCUT2D eigenvalue weighted by Crippen LogP contribution is -1.85. The van der Waals surface area contributed by atoms with Gasteiger partial charge in [0, 0.05) is 4.90 Å². The molecule has 1 aromatic carbocycles. The van der Waals surface area contributed by atoms with Crippen molar-refractivity contribution >= 4 is 17.3 Å². The molecule has 0 fully saturated rings. The Bertz CT molecular complexity index is 305. The molecule has 0 N–H and O–H groups in total. The van der Waals surface area contributed by atoms with Crippen LogP contribution < -0.4 is 0 Å². The summed E-state index contributed by atoms with van der Waals surface area (Å²) in [5.41, 5.74) is 1.81. The molecule has 0 amide bonds. The number of hydrogen-bond acceptors (Lipinski definition) is 1. The summed E-state index contributed by atoms with van der Waals surface area (Å²) in [5.74, 6) is -0.203. The summed E-state index contributed by atoms with van der Waals surface area (Å²) < 4.78 is 12.8. The first-order chi connectivity index (χ1) is 5.65. The van der Waals surface area contributed by atoms with Crippen LogP contribution in [0.2, 0.25) is 0 Å². The maximum absolute atomic E-state index is 12.8. The van der Waals surface area contributed by atoms with Crippen LogP contribution in [0.3, 0.4) is 0 Å². The highest BCUT2D eigenvalue weighted by molar-refractivity contribution is 7.98. The standard InChI is InChI=1S/C10H11FS/c1-7(2)9-6-8(11)4-5-10(9)12-3/h4-6H,1H2,2-3H3. The normalized spacial score (nSPS) is 9.92. The van der Waals surface area contributed by atoms with E-state index < -0.39 is 0 Å². The van der Waals surface area contributed by atoms with Gasteiger partial charge in [0.1, 0.15) is 5.82 Å². The summed E-state index contributed by atoms with van der Waals surface area (Å²) in [6.45, 7) is 5.68. The lowest BCUT2D eigenvalue weighted by molar-refractivity contribution is 0.626. The first-order valence-corrected chi connectivity index (χ1v) is 4.87. The van der Waals surface area contributed by atoms with E-state index in [1.807, 2.05) is 13.2 Å². The van der Waals surface area contributed by atoms with Crippen molar-refractivity contribution in [2.45, 2.75) is 11.8 Å². The predicted molar refractivity (Wildman–Crippen MR) is 52.9 cm³/mol. The maximum Gasteiger partial charge on any atom is 0.123 e. The van der Waals surface area contributed by atoms with Gasteiger partial charge in [0.15, 0.2) is 0 Å². The van der Waals surface area contributed by atoms with Crippen molar-refractivity contribution in [3.05, 3.63) is 36.2 Å². The van der Waals surface area contributed by atoms with Gasteiger partial charge in [-0.2, -0.15) is 0 Å². The van der Waals surface area contributed by atoms with Crippen molar-refractivity contribution in [2.24, 2.45) is 0 Å². The average Bonchev–Trinajstić information content (AvgIpc) is 2.04. The third-order valence-electron chi connectivity index (χ3n) is 1.62. The Kier molecular flexibility index (Phi) is 2.93. The number of halogens is 1. The van der Waals surface area contributed by atoms with Crippen LogP contribution in [0.1, 0.15) is 12.5 Å². The third kappa shape index (κ3) is 1.89. The molecule has 0 unspecified atom stereocenters. The van der Waals surface area contributed by atoms with Crippen molar-refractivity contribution in [2.75, 3.05) is 6.26 Å². The molecule has 0 bridgehead atoms. The molecule has 0 aliphatic rings. The van der Waals surface area contributed by atoms with Crippen LogP contribution >= 0.6 is 11.8 Å². The van der Waals surface area contributed by atoms with Gasteiger partial charge in [0.25, 0.3) is 0 Å². The summed E-state index contributed by atoms with van der Waals surface area (Å²) in [6, 6.07) is 4.77. The van der Waals surface area contributed by atoms with Gasteiger partial charge >= 0.3 is 0 Å². The third-order valence-corrected chi connectivity index (χ3v) is 2.42. The number of rotatable bonds is 2. The first-order valence-electron chi connectivity index (χ1n) is 3.64. The molecule has 2 heteroatoms. The lowest BCUT2D eigenvalue weighted by atomic mass is 10.1. The van der Waals surface area contributed by atoms with Crippen molar-refractivity contribution in [1.29, 1.82) is 0 Å². The van der Waals surface area contributed by atoms with Crippen LogP contribution in [0.15, 0.2) is 29.7 Å². The molecule has 12 heavy (non-hydrogen) atoms. The Labute approximate surface area is 76.5 Å². The molecule has 0 nitrogen and oxygen atoms in total. The van der Waals surface area contributed by atoms with E-state index in [4.69, 9.17) is 0 Å². The second kappa shape index (κ2) is 3.76. The van der Waals surface area contributed by atoms with E-state index in [2.05, 4.69) is 6.58 Å². The highest BCUT2D eigenvalue weighted by atomic mass is 32.2. The zero-order valence-corrected chi connectivity index (χ0v) is 8.04. The summed E-state index contributed by atoms with van der Waals surface area (Å²) in [5, 5.41) is 0. The van der Waals surface area contributed by atoms with Crippen LogP contribution in [0.5, 0.6) is 0 Å². The summed E-state index contributed by atoms with van der Waals surface area (Å²) >= 11 is 1.60. The fourth-order valence-electron chi connectivity index (χ4n) is 1.01. The van der Waals surface area contributed by atoms with Gasteiger partial charge in [-0.1, -0.05) is 6.58 Å². The molecule has 0 aromatic heterocycles. The molecule has 0 saturated carbocycles. The van der Waals surface area contributed by atoms with E-state index in [0.717, 1.165) is 16.0 Å². The van der Waals surface area contributed by atoms with E-state index in [1.165, 1.54) is 12.1 Å². The summed E-state index contributed by atoms with van der Waals surface area (Å²) in [7, 11) is 0. The Morgan fingerprint density at radius 3 is 2.67 bits per heavy atom. The van der Waals surface area contributed by atoms with Gasteiger partial charge in [-0.25, -0.2) is 4.39 Å². The van der Waals surface area contributed by atoms with E-state index in [-0.39, 0.29) is 5.82 Å². The second-order valence-corrected chi connectivity index (χ2v) is 3.47. The highest BCUT2D eigenvalue weighted by Crippen LogP contribution is 2.26. The Morgan fingerprint density at radius 1 is 1.50 bits per heavy atom. The van der Waals surface area contributed by atoms with Gasteiger partial charge in [-0.05, 0) is 42.5 Å². The quantitative estimate of drug-likeness (QED) is 0.630. The molecular weight excluding hydrogens is 171 g/mol. The van der Waals surface area contributed by atoms with Gasteiger partial charge < -0.3 is 0 Å². The smallest absolute Gasteiger partial charge is 0.123 e. The van der Waals surface area contributed by atoms with Gasteiger partial charge in [-0.3, -0.25) is 0 Å². The zero-order valence-electron chi connectivity index (χ0n) is 7.23. The topological polar surface area (TPSA) is 0 Å². The van der Waals surface area contributed by atoms with Crippen molar-refractivity contribution in [3.8, 4) is 0 Å². The fraction of sp³-hybridized carbons (Fsp3) is 0.200. The molecule has 0 spiro atoms. The van der Waals surface area contributed by atoms with Crippen LogP contribution in [-0.4, -0.2) is 6.26 Å². The molecule has 0 aliphatic heterocycles. The minimum atomic E-state index is -0.203. The molecule has 0 radical (unpaired) electrons. The highest BCUT2D eigenvalue weighted by Gasteiger charge is 2.02. The van der Waals surface area contributed by atoms with Crippen LogP contribution in [0.25, 0.3) is 5.57 Å². The van der Waals surface area contributed by atoms with Crippen molar-refractivity contribution in [3.63, 3.8) is 0 Å². The number of hydrogen-bond donors (Lipinski definition) is 0. The molecule has 0 heterocycles. The maximum atomic E-state index is 12.8. The Morgan fingerprint density at radius 2 is 2.17 bits per heavy atom. The lowest BCUT2D eigenvalue weighted by Gasteiger charge is -2.05. The van der Waals surface area contributed by atoms with Crippen LogP contribution in [0, 0.1) is 5.82 Å². The molecule has 0 atom stereocenters. The van der Waals surface area contributed by atoms with E-state index in [1.54, 1.807) is 17.8 Å². The molecule has 0 saturated heterocycles. The molecule has 1 aromatic rings. The zero-order chi connectivity index (χ0) is 9.14. The molecule has 0 aliphatic carbocycles. The Balaban J connectivity index is 3.21. The average molecular weight is 182 g/mol.